The Morgan fingerprint density at radius 2 is 1.81 bits per heavy atom. The average molecular weight is 293 g/mol. The summed E-state index contributed by atoms with van der Waals surface area (Å²) in [4.78, 5) is 22.9. The molecule has 1 aromatic rings. The molecule has 5 nitrogen and oxygen atoms in total. The minimum absolute atomic E-state index is 0.129. The number of carboxylic acids is 1. The molecule has 1 aromatic carbocycles. The zero-order valence-electron chi connectivity index (χ0n) is 12.5. The van der Waals surface area contributed by atoms with Gasteiger partial charge in [-0.2, -0.15) is 0 Å². The second-order valence-corrected chi connectivity index (χ2v) is 5.02. The number of amides is 1. The quantitative estimate of drug-likeness (QED) is 0.771. The smallest absolute Gasteiger partial charge is 0.408 e. The number of benzene rings is 1. The first-order valence-electron chi connectivity index (χ1n) is 7.26. The van der Waals surface area contributed by atoms with E-state index >= 15 is 0 Å². The Bertz CT molecular complexity index is 443. The second kappa shape index (κ2) is 9.00. The molecule has 0 unspecified atom stereocenters. The molecule has 1 amide bonds. The first kappa shape index (κ1) is 17.0. The topological polar surface area (TPSA) is 75.6 Å². The predicted octanol–water partition coefficient (Wildman–Crippen LogP) is 3.19. The lowest BCUT2D eigenvalue weighted by Crippen LogP contribution is -2.42. The van der Waals surface area contributed by atoms with Gasteiger partial charge in [0.15, 0.2) is 0 Å². The van der Waals surface area contributed by atoms with E-state index in [-0.39, 0.29) is 12.5 Å². The van der Waals surface area contributed by atoms with Gasteiger partial charge < -0.3 is 15.2 Å². The van der Waals surface area contributed by atoms with E-state index < -0.39 is 18.1 Å². The first-order valence-corrected chi connectivity index (χ1v) is 7.26. The van der Waals surface area contributed by atoms with Crippen LogP contribution in [0.1, 0.15) is 38.7 Å². The lowest BCUT2D eigenvalue weighted by Gasteiger charge is -2.19. The molecule has 1 atom stereocenters. The van der Waals surface area contributed by atoms with Gasteiger partial charge in [0, 0.05) is 0 Å². The van der Waals surface area contributed by atoms with Crippen molar-refractivity contribution in [2.24, 2.45) is 5.92 Å². The number of rotatable bonds is 8. The fourth-order valence-corrected chi connectivity index (χ4v) is 2.08. The summed E-state index contributed by atoms with van der Waals surface area (Å²) in [6.07, 6.45) is 1.50. The third-order valence-electron chi connectivity index (χ3n) is 3.53. The van der Waals surface area contributed by atoms with Crippen molar-refractivity contribution < 1.29 is 19.4 Å². The van der Waals surface area contributed by atoms with E-state index in [0.29, 0.717) is 6.42 Å². The number of nitrogens with one attached hydrogen (secondary N) is 1. The number of alkyl carbamates (subject to hydrolysis) is 1. The van der Waals surface area contributed by atoms with Crippen molar-refractivity contribution in [3.05, 3.63) is 35.9 Å². The summed E-state index contributed by atoms with van der Waals surface area (Å²) in [5.41, 5.74) is 0.861. The van der Waals surface area contributed by atoms with Crippen LogP contribution in [0.3, 0.4) is 0 Å². The van der Waals surface area contributed by atoms with Gasteiger partial charge in [-0.15, -0.1) is 0 Å². The molecule has 21 heavy (non-hydrogen) atoms. The summed E-state index contributed by atoms with van der Waals surface area (Å²) in [6.45, 7) is 4.16. The summed E-state index contributed by atoms with van der Waals surface area (Å²) in [5.74, 6) is -0.751. The molecule has 0 bridgehead atoms. The highest BCUT2D eigenvalue weighted by atomic mass is 16.5. The van der Waals surface area contributed by atoms with E-state index in [9.17, 15) is 14.7 Å². The number of hydrogen-bond donors (Lipinski definition) is 2. The Kier molecular flexibility index (Phi) is 7.29. The Labute approximate surface area is 125 Å². The van der Waals surface area contributed by atoms with Crippen LogP contribution in [-0.2, 0) is 16.1 Å². The van der Waals surface area contributed by atoms with Gasteiger partial charge in [0.1, 0.15) is 12.6 Å². The molecule has 116 valence electrons. The van der Waals surface area contributed by atoms with E-state index in [1.807, 2.05) is 44.2 Å². The molecule has 0 aliphatic carbocycles. The highest BCUT2D eigenvalue weighted by molar-refractivity contribution is 5.79. The first-order chi connectivity index (χ1) is 10.1. The Hall–Kier alpha value is -2.04. The van der Waals surface area contributed by atoms with Crippen molar-refractivity contribution in [2.75, 3.05) is 0 Å². The van der Waals surface area contributed by atoms with Crippen molar-refractivity contribution in [3.63, 3.8) is 0 Å². The van der Waals surface area contributed by atoms with E-state index in [4.69, 9.17) is 4.74 Å². The normalized spacial score (nSPS) is 12.0. The van der Waals surface area contributed by atoms with Gasteiger partial charge in [-0.05, 0) is 17.9 Å². The van der Waals surface area contributed by atoms with Crippen LogP contribution in [0, 0.1) is 5.92 Å². The molecule has 0 fully saturated rings. The predicted molar refractivity (Wildman–Crippen MR) is 79.9 cm³/mol. The summed E-state index contributed by atoms with van der Waals surface area (Å²) in [6, 6.07) is 8.35. The molecule has 0 heterocycles. The van der Waals surface area contributed by atoms with Gasteiger partial charge in [-0.25, -0.2) is 9.59 Å². The molecule has 0 spiro atoms. The van der Waals surface area contributed by atoms with E-state index in [2.05, 4.69) is 5.32 Å². The van der Waals surface area contributed by atoms with Crippen LogP contribution in [0.25, 0.3) is 0 Å². The number of carbonyl (C=O) groups excluding carboxylic acids is 1. The maximum absolute atomic E-state index is 11.7. The van der Waals surface area contributed by atoms with Gasteiger partial charge >= 0.3 is 12.1 Å². The van der Waals surface area contributed by atoms with Crippen molar-refractivity contribution >= 4 is 12.1 Å². The molecular weight excluding hydrogens is 270 g/mol. The van der Waals surface area contributed by atoms with Crippen LogP contribution in [-0.4, -0.2) is 23.2 Å². The van der Waals surface area contributed by atoms with Crippen LogP contribution in [0.5, 0.6) is 0 Å². The molecular formula is C16H23NO4. The molecule has 5 heteroatoms. The lowest BCUT2D eigenvalue weighted by molar-refractivity contribution is -0.139. The van der Waals surface area contributed by atoms with E-state index in [1.54, 1.807) is 0 Å². The Balaban J connectivity index is 2.47. The largest absolute Gasteiger partial charge is 0.480 e. The standard InChI is InChI=1S/C16H23NO4/c1-3-12(4-2)10-14(15(18)19)17-16(20)21-11-13-8-6-5-7-9-13/h5-9,12,14H,3-4,10-11H2,1-2H3,(H,17,20)(H,18,19)/t14-/m0/s1. The number of ether oxygens (including phenoxy) is 1. The average Bonchev–Trinajstić information content (AvgIpc) is 2.50. The summed E-state index contributed by atoms with van der Waals surface area (Å²) in [7, 11) is 0. The van der Waals surface area contributed by atoms with E-state index in [1.165, 1.54) is 0 Å². The zero-order chi connectivity index (χ0) is 15.7. The number of carboxylic acid groups (broad SMARTS) is 1. The summed E-state index contributed by atoms with van der Waals surface area (Å²) >= 11 is 0. The molecule has 0 aliphatic heterocycles. The molecule has 2 N–H and O–H groups in total. The van der Waals surface area contributed by atoms with Gasteiger partial charge in [-0.3, -0.25) is 0 Å². The fraction of sp³-hybridized carbons (Fsp3) is 0.500. The maximum Gasteiger partial charge on any atom is 0.408 e. The van der Waals surface area contributed by atoms with Crippen LogP contribution in [0.2, 0.25) is 0 Å². The van der Waals surface area contributed by atoms with Crippen LogP contribution in [0.15, 0.2) is 30.3 Å². The minimum Gasteiger partial charge on any atom is -0.480 e. The monoisotopic (exact) mass is 293 g/mol. The van der Waals surface area contributed by atoms with Gasteiger partial charge in [-0.1, -0.05) is 57.0 Å². The summed E-state index contributed by atoms with van der Waals surface area (Å²) < 4.78 is 5.04. The third-order valence-corrected chi connectivity index (χ3v) is 3.53. The molecule has 0 aliphatic rings. The zero-order valence-corrected chi connectivity index (χ0v) is 12.5. The van der Waals surface area contributed by atoms with Crippen molar-refractivity contribution in [2.45, 2.75) is 45.8 Å². The second-order valence-electron chi connectivity index (χ2n) is 5.02. The van der Waals surface area contributed by atoms with Crippen molar-refractivity contribution in [1.82, 2.24) is 5.32 Å². The third kappa shape index (κ3) is 6.29. The van der Waals surface area contributed by atoms with Gasteiger partial charge in [0.25, 0.3) is 0 Å². The van der Waals surface area contributed by atoms with Crippen LogP contribution in [0.4, 0.5) is 4.79 Å². The van der Waals surface area contributed by atoms with Crippen molar-refractivity contribution in [1.29, 1.82) is 0 Å². The fourth-order valence-electron chi connectivity index (χ4n) is 2.08. The Morgan fingerprint density at radius 3 is 2.33 bits per heavy atom. The number of hydrogen-bond acceptors (Lipinski definition) is 3. The number of carbonyl (C=O) groups is 2. The maximum atomic E-state index is 11.7. The number of aliphatic carboxylic acids is 1. The minimum atomic E-state index is -1.03. The molecule has 0 saturated carbocycles. The molecule has 0 aromatic heterocycles. The lowest BCUT2D eigenvalue weighted by atomic mass is 9.95. The Morgan fingerprint density at radius 1 is 1.19 bits per heavy atom. The van der Waals surface area contributed by atoms with E-state index in [0.717, 1.165) is 18.4 Å². The van der Waals surface area contributed by atoms with Crippen LogP contribution < -0.4 is 5.32 Å². The molecule has 0 radical (unpaired) electrons. The highest BCUT2D eigenvalue weighted by Gasteiger charge is 2.23. The SMILES string of the molecule is CCC(CC)C[C@H](NC(=O)OCc1ccccc1)C(=O)O. The highest BCUT2D eigenvalue weighted by Crippen LogP contribution is 2.15. The van der Waals surface area contributed by atoms with Crippen LogP contribution >= 0.6 is 0 Å². The molecule has 0 saturated heterocycles. The summed E-state index contributed by atoms with van der Waals surface area (Å²) in [5, 5.41) is 11.6. The van der Waals surface area contributed by atoms with Crippen molar-refractivity contribution in [3.8, 4) is 0 Å². The van der Waals surface area contributed by atoms with Gasteiger partial charge in [0.2, 0.25) is 0 Å². The van der Waals surface area contributed by atoms with Gasteiger partial charge in [0.05, 0.1) is 0 Å². The molecule has 1 rings (SSSR count).